The fraction of sp³-hybridized carbons (Fsp3) is 0.185. The standard InChI is InChI=1S/C27H21BrN2O4S/c1-13(2)14-10-11-16-19(12-14)34-27(33)17-7-5-8-18(29)21(17)24(31)26(16,27)30-25(32)23-22(28)15-6-3-4-9-20(15)35-23/h3-13,33H,29H2,1-2H3,(H,30,32). The maximum atomic E-state index is 14.1. The second-order valence-corrected chi connectivity index (χ2v) is 11.0. The summed E-state index contributed by atoms with van der Waals surface area (Å²) in [6, 6.07) is 18.0. The van der Waals surface area contributed by atoms with E-state index in [1.54, 1.807) is 24.3 Å². The Bertz CT molecular complexity index is 1580. The van der Waals surface area contributed by atoms with E-state index >= 15 is 0 Å². The summed E-state index contributed by atoms with van der Waals surface area (Å²) >= 11 is 4.85. The first-order valence-electron chi connectivity index (χ1n) is 11.2. The highest BCUT2D eigenvalue weighted by molar-refractivity contribution is 9.10. The number of aliphatic hydroxyl groups is 1. The fourth-order valence-electron chi connectivity index (χ4n) is 5.13. The third-order valence-corrected chi connectivity index (χ3v) is 9.17. The molecule has 4 N–H and O–H groups in total. The minimum atomic E-state index is -2.15. The number of thiophene rings is 1. The Labute approximate surface area is 213 Å². The Morgan fingerprint density at radius 2 is 1.89 bits per heavy atom. The highest BCUT2D eigenvalue weighted by Crippen LogP contribution is 2.59. The summed E-state index contributed by atoms with van der Waals surface area (Å²) in [6.07, 6.45) is 0. The van der Waals surface area contributed by atoms with E-state index in [1.165, 1.54) is 11.3 Å². The van der Waals surface area contributed by atoms with Crippen LogP contribution >= 0.6 is 27.3 Å². The molecule has 6 rings (SSSR count). The molecule has 4 aromatic rings. The van der Waals surface area contributed by atoms with Crippen molar-refractivity contribution in [2.24, 2.45) is 0 Å². The van der Waals surface area contributed by atoms with Crippen molar-refractivity contribution in [2.45, 2.75) is 31.1 Å². The quantitative estimate of drug-likeness (QED) is 0.296. The van der Waals surface area contributed by atoms with Crippen LogP contribution in [-0.4, -0.2) is 16.8 Å². The first kappa shape index (κ1) is 22.3. The maximum absolute atomic E-state index is 14.1. The van der Waals surface area contributed by atoms with E-state index in [1.807, 2.05) is 50.2 Å². The molecule has 1 aliphatic heterocycles. The van der Waals surface area contributed by atoms with Crippen LogP contribution in [0.1, 0.15) is 56.5 Å². The third kappa shape index (κ3) is 2.78. The number of halogens is 1. The molecule has 0 radical (unpaired) electrons. The number of anilines is 1. The van der Waals surface area contributed by atoms with Gasteiger partial charge in [0.25, 0.3) is 11.7 Å². The van der Waals surface area contributed by atoms with Crippen LogP contribution in [0, 0.1) is 0 Å². The molecule has 0 saturated carbocycles. The van der Waals surface area contributed by atoms with Crippen LogP contribution in [0.2, 0.25) is 0 Å². The van der Waals surface area contributed by atoms with Crippen molar-refractivity contribution >= 4 is 54.7 Å². The number of nitrogens with two attached hydrogens (primary N) is 1. The zero-order valence-electron chi connectivity index (χ0n) is 18.9. The monoisotopic (exact) mass is 548 g/mol. The Balaban J connectivity index is 1.56. The molecule has 6 nitrogen and oxygen atoms in total. The summed E-state index contributed by atoms with van der Waals surface area (Å²) in [7, 11) is 0. The molecule has 0 fully saturated rings. The topological polar surface area (TPSA) is 102 Å². The predicted octanol–water partition coefficient (Wildman–Crippen LogP) is 5.43. The molecular formula is C27H21BrN2O4S. The number of nitrogen functional groups attached to an aromatic ring is 1. The van der Waals surface area contributed by atoms with Gasteiger partial charge in [0.1, 0.15) is 10.6 Å². The molecule has 3 aromatic carbocycles. The Morgan fingerprint density at radius 1 is 1.11 bits per heavy atom. The lowest BCUT2D eigenvalue weighted by atomic mass is 9.82. The van der Waals surface area contributed by atoms with Gasteiger partial charge in [-0.2, -0.15) is 0 Å². The molecule has 8 heteroatoms. The van der Waals surface area contributed by atoms with Crippen molar-refractivity contribution < 1.29 is 19.4 Å². The molecule has 2 atom stereocenters. The van der Waals surface area contributed by atoms with Crippen LogP contribution in [0.5, 0.6) is 5.75 Å². The number of benzene rings is 3. The SMILES string of the molecule is CC(C)c1ccc2c(c1)OC1(O)c3cccc(N)c3C(=O)C21NC(=O)c1sc2ccccc2c1Br. The van der Waals surface area contributed by atoms with Gasteiger partial charge in [-0.1, -0.05) is 56.3 Å². The number of ketones is 1. The molecule has 2 aliphatic rings. The molecule has 1 amide bonds. The number of fused-ring (bicyclic) bond motifs is 6. The Kier molecular flexibility index (Phi) is 4.71. The molecule has 1 aromatic heterocycles. The van der Waals surface area contributed by atoms with Gasteiger partial charge in [0, 0.05) is 31.4 Å². The van der Waals surface area contributed by atoms with Crippen LogP contribution in [0.15, 0.2) is 65.1 Å². The van der Waals surface area contributed by atoms with Crippen LogP contribution in [0.4, 0.5) is 5.69 Å². The molecular weight excluding hydrogens is 528 g/mol. The molecule has 1 aliphatic carbocycles. The highest BCUT2D eigenvalue weighted by atomic mass is 79.9. The lowest BCUT2D eigenvalue weighted by Crippen LogP contribution is -2.60. The fourth-order valence-corrected chi connectivity index (χ4v) is 7.02. The lowest BCUT2D eigenvalue weighted by Gasteiger charge is -2.34. The highest BCUT2D eigenvalue weighted by Gasteiger charge is 2.72. The van der Waals surface area contributed by atoms with Gasteiger partial charge in [0.15, 0.2) is 0 Å². The number of amides is 1. The van der Waals surface area contributed by atoms with Gasteiger partial charge < -0.3 is 20.9 Å². The molecule has 2 unspecified atom stereocenters. The number of nitrogens with one attached hydrogen (secondary N) is 1. The van der Waals surface area contributed by atoms with E-state index in [4.69, 9.17) is 10.5 Å². The molecule has 0 bridgehead atoms. The number of ether oxygens (including phenoxy) is 1. The Hall–Kier alpha value is -3.20. The summed E-state index contributed by atoms with van der Waals surface area (Å²) in [5.41, 5.74) is 6.29. The van der Waals surface area contributed by atoms with Gasteiger partial charge in [-0.3, -0.25) is 9.59 Å². The van der Waals surface area contributed by atoms with E-state index in [2.05, 4.69) is 21.2 Å². The summed E-state index contributed by atoms with van der Waals surface area (Å²) in [4.78, 5) is 28.2. The van der Waals surface area contributed by atoms with Crippen molar-refractivity contribution in [3.8, 4) is 5.75 Å². The van der Waals surface area contributed by atoms with Crippen molar-refractivity contribution in [3.63, 3.8) is 0 Å². The molecule has 0 spiro atoms. The molecule has 35 heavy (non-hydrogen) atoms. The zero-order chi connectivity index (χ0) is 24.7. The van der Waals surface area contributed by atoms with Gasteiger partial charge in [-0.15, -0.1) is 11.3 Å². The largest absolute Gasteiger partial charge is 0.454 e. The number of hydrogen-bond donors (Lipinski definition) is 3. The first-order chi connectivity index (χ1) is 16.7. The maximum Gasteiger partial charge on any atom is 0.271 e. The van der Waals surface area contributed by atoms with Gasteiger partial charge >= 0.3 is 0 Å². The van der Waals surface area contributed by atoms with Crippen molar-refractivity contribution in [3.05, 3.63) is 92.3 Å². The molecule has 176 valence electrons. The van der Waals surface area contributed by atoms with Crippen LogP contribution in [0.3, 0.4) is 0 Å². The van der Waals surface area contributed by atoms with Gasteiger partial charge in [0.05, 0.1) is 5.56 Å². The van der Waals surface area contributed by atoms with E-state index in [0.717, 1.165) is 15.6 Å². The van der Waals surface area contributed by atoms with Gasteiger partial charge in [0.2, 0.25) is 11.3 Å². The summed E-state index contributed by atoms with van der Waals surface area (Å²) in [5.74, 6) is -2.59. The average Bonchev–Trinajstić information content (AvgIpc) is 3.37. The number of carbonyl (C=O) groups excluding carboxylic acids is 2. The van der Waals surface area contributed by atoms with Crippen LogP contribution in [-0.2, 0) is 11.3 Å². The lowest BCUT2D eigenvalue weighted by molar-refractivity contribution is -0.169. The van der Waals surface area contributed by atoms with Crippen molar-refractivity contribution in [2.75, 3.05) is 5.73 Å². The van der Waals surface area contributed by atoms with E-state index in [0.29, 0.717) is 20.7 Å². The summed E-state index contributed by atoms with van der Waals surface area (Å²) < 4.78 is 7.70. The molecule has 2 heterocycles. The van der Waals surface area contributed by atoms with Crippen LogP contribution < -0.4 is 15.8 Å². The van der Waals surface area contributed by atoms with E-state index in [9.17, 15) is 14.7 Å². The minimum absolute atomic E-state index is 0.157. The van der Waals surface area contributed by atoms with Gasteiger partial charge in [-0.25, -0.2) is 0 Å². The summed E-state index contributed by atoms with van der Waals surface area (Å²) in [5, 5.41) is 15.9. The normalized spacial score (nSPS) is 22.1. The number of hydrogen-bond acceptors (Lipinski definition) is 6. The van der Waals surface area contributed by atoms with Crippen molar-refractivity contribution in [1.29, 1.82) is 0 Å². The van der Waals surface area contributed by atoms with Crippen molar-refractivity contribution in [1.82, 2.24) is 5.32 Å². The number of Topliss-reactive ketones (excluding diaryl/α,β-unsaturated/α-hetero) is 1. The average molecular weight is 549 g/mol. The molecule has 0 saturated heterocycles. The number of carbonyl (C=O) groups is 2. The Morgan fingerprint density at radius 3 is 2.63 bits per heavy atom. The van der Waals surface area contributed by atoms with Crippen LogP contribution in [0.25, 0.3) is 10.1 Å². The third-order valence-electron chi connectivity index (χ3n) is 6.91. The predicted molar refractivity (Wildman–Crippen MR) is 139 cm³/mol. The minimum Gasteiger partial charge on any atom is -0.454 e. The van der Waals surface area contributed by atoms with Gasteiger partial charge in [-0.05, 0) is 45.6 Å². The number of rotatable bonds is 3. The summed E-state index contributed by atoms with van der Waals surface area (Å²) in [6.45, 7) is 4.09. The smallest absolute Gasteiger partial charge is 0.271 e. The van der Waals surface area contributed by atoms with E-state index < -0.39 is 23.0 Å². The zero-order valence-corrected chi connectivity index (χ0v) is 21.3. The van der Waals surface area contributed by atoms with E-state index in [-0.39, 0.29) is 22.7 Å². The first-order valence-corrected chi connectivity index (χ1v) is 12.8. The second-order valence-electron chi connectivity index (χ2n) is 9.20. The second kappa shape index (κ2) is 7.40.